The van der Waals surface area contributed by atoms with E-state index < -0.39 is 175 Å². The number of thioether (sulfide) groups is 2. The quantitative estimate of drug-likeness (QED) is 0.0416. The number of nitrogens with one attached hydrogen (secondary N) is 11. The van der Waals surface area contributed by atoms with E-state index in [2.05, 4.69) is 65.4 Å². The summed E-state index contributed by atoms with van der Waals surface area (Å²) < 4.78 is 0. The van der Waals surface area contributed by atoms with Gasteiger partial charge in [0.15, 0.2) is 5.78 Å². The van der Waals surface area contributed by atoms with E-state index in [1.54, 1.807) is 25.3 Å². The molecule has 33 heteroatoms. The number of benzene rings is 1. The van der Waals surface area contributed by atoms with Crippen molar-refractivity contribution in [2.45, 2.75) is 313 Å². The highest BCUT2D eigenvalue weighted by Crippen LogP contribution is 2.26. The smallest absolute Gasteiger partial charge is 0.305 e. The number of carboxylic acids is 1. The standard InChI is InChI=1S/C76H129N13O18S2/c1-10-13-16-17-18-19-20-21-22-23-24-25-27-33-63(94)80-56(38-41-108-8)68(99)78-46-64(95)81-59(44-52-34-36-53(93)37-35-52)72(103)79-49(5)67(98)82-54(30-26-14-11-2)69(100)83-55(31-28-29-40-77)70(101)86-60-43-48(4)89(76(60)107)62(32-15-12-3)74(105)87-61(47-90)73(104)84-57(39-42-109-9)71(102)88-66(51(7)92)75(106)85-58(50(6)91)45-65(96)97/h34-37,48-49,51,54-62,66,90,92-93H,10-33,38-47,77H2,1-9H3,(H,78,99)(H,79,103)(H,80,94)(H,81,95)(H,82,98)(H,83,100)(H,84,104)(H,85,106)(H,86,101)(H,87,105)(H,88,102)(H,96,97)/t48?,49-,51+,54-,55-,56-,57-,58-,59-,60-,61-,62-,66-/m0/s1. The number of aliphatic carboxylic acids is 1. The van der Waals surface area contributed by atoms with Crippen LogP contribution in [0.4, 0.5) is 0 Å². The molecule has 31 nitrogen and oxygen atoms in total. The van der Waals surface area contributed by atoms with Crippen LogP contribution in [0.5, 0.6) is 5.75 Å². The maximum atomic E-state index is 14.6. The fourth-order valence-corrected chi connectivity index (χ4v) is 13.4. The van der Waals surface area contributed by atoms with E-state index in [1.807, 2.05) is 20.1 Å². The number of aromatic hydroxyl groups is 1. The van der Waals surface area contributed by atoms with E-state index in [-0.39, 0.29) is 68.9 Å². The molecule has 0 aliphatic carbocycles. The number of ketones is 1. The minimum atomic E-state index is -1.72. The number of Topliss-reactive ketones (excluding diaryl/α,β-unsaturated/α-hetero) is 1. The first-order valence-electron chi connectivity index (χ1n) is 39.1. The summed E-state index contributed by atoms with van der Waals surface area (Å²) in [6.45, 7) is 9.95. The highest BCUT2D eigenvalue weighted by Gasteiger charge is 2.45. The van der Waals surface area contributed by atoms with Crippen LogP contribution in [0.3, 0.4) is 0 Å². The number of hydrogen-bond acceptors (Lipinski definition) is 20. The Balaban J connectivity index is 2.27. The van der Waals surface area contributed by atoms with Crippen LogP contribution in [-0.2, 0) is 73.5 Å². The van der Waals surface area contributed by atoms with E-state index >= 15 is 0 Å². The van der Waals surface area contributed by atoms with Crippen molar-refractivity contribution < 1.29 is 87.5 Å². The fourth-order valence-electron chi connectivity index (χ4n) is 12.5. The van der Waals surface area contributed by atoms with Gasteiger partial charge in [-0.15, -0.1) is 0 Å². The zero-order valence-electron chi connectivity index (χ0n) is 65.7. The third-order valence-electron chi connectivity index (χ3n) is 19.0. The Hall–Kier alpha value is -7.62. The van der Waals surface area contributed by atoms with Gasteiger partial charge in [-0.2, -0.15) is 23.5 Å². The first-order chi connectivity index (χ1) is 52.0. The van der Waals surface area contributed by atoms with Crippen LogP contribution in [0.2, 0.25) is 0 Å². The maximum Gasteiger partial charge on any atom is 0.305 e. The monoisotopic (exact) mass is 1580 g/mol. The molecule has 2 rings (SSSR count). The minimum absolute atomic E-state index is 0.00465. The SMILES string of the molecule is CCCCCCCCCCCCCCCC(=O)N[C@@H](CCSC)C(=O)NCC(=O)N[C@@H](Cc1ccc(O)cc1)C(=O)N[C@@H](C)C(=O)N[C@@H](CCCCC)C(=O)N[C@@H](CCCCN)C(=O)N[C@H]1CC(C)N([C@@H](CCCC)C(=O)N[C@@H](CO)C(=O)N[C@@H](CCSC)C(=O)N[C@H](C(=O)N[C@@H](CC(=O)O)C(C)=O)[C@@H](C)O)C1=O. The lowest BCUT2D eigenvalue weighted by molar-refractivity contribution is -0.142. The fraction of sp³-hybridized carbons (Fsp3) is 0.737. The number of unbranched alkanes of at least 4 members (excludes halogenated alkanes) is 16. The predicted octanol–water partition coefficient (Wildman–Crippen LogP) is 3.23. The van der Waals surface area contributed by atoms with Crippen molar-refractivity contribution in [2.24, 2.45) is 5.73 Å². The van der Waals surface area contributed by atoms with Crippen LogP contribution < -0.4 is 64.2 Å². The molecule has 0 bridgehead atoms. The molecule has 0 radical (unpaired) electrons. The van der Waals surface area contributed by atoms with Gasteiger partial charge in [0.2, 0.25) is 70.9 Å². The second kappa shape index (κ2) is 55.7. The molecule has 618 valence electrons. The molecule has 1 unspecified atom stereocenters. The number of phenols is 1. The van der Waals surface area contributed by atoms with Crippen molar-refractivity contribution in [1.82, 2.24) is 63.4 Å². The van der Waals surface area contributed by atoms with E-state index in [9.17, 15) is 87.5 Å². The van der Waals surface area contributed by atoms with Gasteiger partial charge < -0.3 is 89.5 Å². The average Bonchev–Trinajstić information content (AvgIpc) is 1.64. The number of rotatable bonds is 60. The average molecular weight is 1580 g/mol. The summed E-state index contributed by atoms with van der Waals surface area (Å²) in [5.74, 6) is -10.7. The van der Waals surface area contributed by atoms with Gasteiger partial charge in [-0.3, -0.25) is 67.1 Å². The number of likely N-dealkylation sites (tertiary alicyclic amines) is 1. The highest BCUT2D eigenvalue weighted by molar-refractivity contribution is 7.98. The summed E-state index contributed by atoms with van der Waals surface area (Å²) in [5, 5.41) is 68.8. The number of carbonyl (C=O) groups excluding carboxylic acids is 13. The molecule has 1 aliphatic rings. The molecule has 1 heterocycles. The summed E-state index contributed by atoms with van der Waals surface area (Å²) >= 11 is 2.79. The number of carboxylic acid groups (broad SMARTS) is 1. The molecular weight excluding hydrogens is 1450 g/mol. The Bertz CT molecular complexity index is 3010. The van der Waals surface area contributed by atoms with E-state index in [0.717, 1.165) is 39.5 Å². The van der Waals surface area contributed by atoms with Crippen LogP contribution in [0.15, 0.2) is 24.3 Å². The number of aliphatic hydroxyl groups is 2. The normalized spacial score (nSPS) is 16.4. The molecule has 0 saturated carbocycles. The van der Waals surface area contributed by atoms with Gasteiger partial charge in [0.05, 0.1) is 31.7 Å². The van der Waals surface area contributed by atoms with Crippen molar-refractivity contribution in [2.75, 3.05) is 43.7 Å². The van der Waals surface area contributed by atoms with Gasteiger partial charge >= 0.3 is 5.97 Å². The van der Waals surface area contributed by atoms with Gasteiger partial charge in [-0.1, -0.05) is 142 Å². The largest absolute Gasteiger partial charge is 0.508 e. The number of phenolic OH excluding ortho intramolecular Hbond substituents is 1. The molecule has 0 aromatic heterocycles. The van der Waals surface area contributed by atoms with Crippen LogP contribution in [0.1, 0.15) is 234 Å². The van der Waals surface area contributed by atoms with E-state index in [0.29, 0.717) is 62.7 Å². The molecule has 0 spiro atoms. The van der Waals surface area contributed by atoms with E-state index in [4.69, 9.17) is 5.73 Å². The Morgan fingerprint density at radius 3 is 1.52 bits per heavy atom. The zero-order valence-corrected chi connectivity index (χ0v) is 67.3. The molecule has 1 aliphatic heterocycles. The van der Waals surface area contributed by atoms with Crippen LogP contribution in [-0.4, -0.2) is 230 Å². The number of amides is 12. The molecule has 1 aromatic rings. The van der Waals surface area contributed by atoms with Gasteiger partial charge in [0.1, 0.15) is 66.2 Å². The third-order valence-corrected chi connectivity index (χ3v) is 20.3. The Morgan fingerprint density at radius 1 is 0.523 bits per heavy atom. The minimum Gasteiger partial charge on any atom is -0.508 e. The lowest BCUT2D eigenvalue weighted by Crippen LogP contribution is -2.61. The molecule has 1 saturated heterocycles. The lowest BCUT2D eigenvalue weighted by Gasteiger charge is -2.32. The van der Waals surface area contributed by atoms with Gasteiger partial charge in [0.25, 0.3) is 0 Å². The Labute approximate surface area is 652 Å². The molecule has 13 atom stereocenters. The molecule has 17 N–H and O–H groups in total. The van der Waals surface area contributed by atoms with Crippen LogP contribution >= 0.6 is 23.5 Å². The van der Waals surface area contributed by atoms with Gasteiger partial charge in [-0.05, 0) is 134 Å². The molecule has 109 heavy (non-hydrogen) atoms. The van der Waals surface area contributed by atoms with Crippen molar-refractivity contribution in [3.05, 3.63) is 29.8 Å². The number of hydrogen-bond donors (Lipinski definition) is 16. The van der Waals surface area contributed by atoms with Crippen LogP contribution in [0, 0.1) is 0 Å². The first kappa shape index (κ1) is 97.5. The zero-order chi connectivity index (χ0) is 81.4. The Morgan fingerprint density at radius 2 is 0.991 bits per heavy atom. The summed E-state index contributed by atoms with van der Waals surface area (Å²) in [4.78, 5) is 192. The summed E-state index contributed by atoms with van der Waals surface area (Å²) in [7, 11) is 0. The second-order valence-electron chi connectivity index (χ2n) is 28.4. The van der Waals surface area contributed by atoms with Gasteiger partial charge in [-0.25, -0.2) is 0 Å². The molecule has 12 amide bonds. The van der Waals surface area contributed by atoms with Crippen molar-refractivity contribution in [3.8, 4) is 5.75 Å². The highest BCUT2D eigenvalue weighted by atomic mass is 32.2. The summed E-state index contributed by atoms with van der Waals surface area (Å²) in [5.41, 5.74) is 6.37. The number of nitrogens with zero attached hydrogens (tertiary/aromatic N) is 1. The number of nitrogens with two attached hydrogens (primary N) is 1. The van der Waals surface area contributed by atoms with Crippen LogP contribution in [0.25, 0.3) is 0 Å². The first-order valence-corrected chi connectivity index (χ1v) is 41.9. The van der Waals surface area contributed by atoms with Crippen molar-refractivity contribution in [3.63, 3.8) is 0 Å². The third kappa shape index (κ3) is 38.7. The van der Waals surface area contributed by atoms with E-state index in [1.165, 1.54) is 105 Å². The molecular formula is C76H129N13O18S2. The molecule has 1 fully saturated rings. The maximum absolute atomic E-state index is 14.6. The summed E-state index contributed by atoms with van der Waals surface area (Å²) in [6.07, 6.45) is 20.5. The number of carbonyl (C=O) groups is 14. The topological polar surface area (TPSA) is 481 Å². The van der Waals surface area contributed by atoms with Crippen molar-refractivity contribution in [1.29, 1.82) is 0 Å². The predicted molar refractivity (Wildman–Crippen MR) is 419 cm³/mol. The summed E-state index contributed by atoms with van der Waals surface area (Å²) in [6, 6.07) is -9.75. The van der Waals surface area contributed by atoms with Crippen molar-refractivity contribution >= 4 is 106 Å². The number of aliphatic hydroxyl groups excluding tert-OH is 2. The lowest BCUT2D eigenvalue weighted by atomic mass is 10.0. The Kier molecular flexibility index (Phi) is 49.8. The second-order valence-corrected chi connectivity index (χ2v) is 30.3. The molecule has 1 aromatic carbocycles. The van der Waals surface area contributed by atoms with Gasteiger partial charge in [0, 0.05) is 18.9 Å².